The highest BCUT2D eigenvalue weighted by Crippen LogP contribution is 2.24. The number of carbonyl (C=O) groups is 2. The van der Waals surface area contributed by atoms with Gasteiger partial charge < -0.3 is 10.1 Å². The van der Waals surface area contributed by atoms with Crippen LogP contribution >= 0.6 is 23.1 Å². The van der Waals surface area contributed by atoms with Crippen LogP contribution in [0.5, 0.6) is 0 Å². The molecule has 1 amide bonds. The maximum absolute atomic E-state index is 11.9. The van der Waals surface area contributed by atoms with Crippen LogP contribution < -0.4 is 5.32 Å². The van der Waals surface area contributed by atoms with Crippen LogP contribution in [-0.4, -0.2) is 33.9 Å². The molecule has 1 N–H and O–H groups in total. The van der Waals surface area contributed by atoms with Crippen molar-refractivity contribution in [3.05, 3.63) is 34.5 Å². The fourth-order valence-electron chi connectivity index (χ4n) is 1.71. The molecule has 23 heavy (non-hydrogen) atoms. The number of thioether (sulfide) groups is 1. The fraction of sp³-hybridized carbons (Fsp3) is 0.333. The van der Waals surface area contributed by atoms with Crippen LogP contribution in [0.15, 0.2) is 34.7 Å². The number of nitrogens with one attached hydrogen (secondary N) is 1. The molecular formula is C15H17N3O3S2. The molecule has 0 aliphatic heterocycles. The molecule has 0 spiro atoms. The first-order valence-corrected chi connectivity index (χ1v) is 8.91. The minimum absolute atomic E-state index is 0.215. The van der Waals surface area contributed by atoms with Crippen LogP contribution in [0, 0.1) is 0 Å². The van der Waals surface area contributed by atoms with Gasteiger partial charge in [0.1, 0.15) is 10.3 Å². The summed E-state index contributed by atoms with van der Waals surface area (Å²) in [7, 11) is 0. The van der Waals surface area contributed by atoms with Crippen molar-refractivity contribution < 1.29 is 14.3 Å². The predicted molar refractivity (Wildman–Crippen MR) is 90.9 cm³/mol. The molecule has 0 unspecified atom stereocenters. The number of ether oxygens (including phenoxy) is 1. The first-order chi connectivity index (χ1) is 11.1. The zero-order valence-electron chi connectivity index (χ0n) is 12.8. The lowest BCUT2D eigenvalue weighted by atomic mass is 10.3. The molecule has 0 saturated heterocycles. The summed E-state index contributed by atoms with van der Waals surface area (Å²) in [6.07, 6.45) is 0.641. The van der Waals surface area contributed by atoms with Crippen molar-refractivity contribution in [1.29, 1.82) is 0 Å². The maximum atomic E-state index is 11.9. The summed E-state index contributed by atoms with van der Waals surface area (Å²) in [4.78, 5) is 24.3. The molecule has 0 aliphatic rings. The van der Waals surface area contributed by atoms with Crippen molar-refractivity contribution in [2.24, 2.45) is 0 Å². The van der Waals surface area contributed by atoms with Gasteiger partial charge in [0.25, 0.3) is 5.91 Å². The summed E-state index contributed by atoms with van der Waals surface area (Å²) < 4.78 is 5.02. The van der Waals surface area contributed by atoms with E-state index in [1.807, 2.05) is 18.4 Å². The van der Waals surface area contributed by atoms with E-state index in [2.05, 4.69) is 15.5 Å². The van der Waals surface area contributed by atoms with Gasteiger partial charge in [0.2, 0.25) is 0 Å². The van der Waals surface area contributed by atoms with Crippen LogP contribution in [0.4, 0.5) is 5.82 Å². The zero-order chi connectivity index (χ0) is 16.7. The molecule has 1 atom stereocenters. The number of amides is 1. The standard InChI is InChI=1S/C15H17N3O3S2/c1-3-10(15(20)21-4-2)23-13-8-7-12(17-18-13)16-14(19)11-6-5-9-22-11/h5-10H,3-4H2,1-2H3,(H,16,17,19)/t10-/m0/s1. The lowest BCUT2D eigenvalue weighted by Crippen LogP contribution is -2.19. The van der Waals surface area contributed by atoms with Crippen molar-refractivity contribution in [2.45, 2.75) is 30.5 Å². The van der Waals surface area contributed by atoms with Gasteiger partial charge >= 0.3 is 5.97 Å². The molecule has 6 nitrogen and oxygen atoms in total. The Morgan fingerprint density at radius 2 is 2.13 bits per heavy atom. The van der Waals surface area contributed by atoms with Crippen LogP contribution in [0.2, 0.25) is 0 Å². The minimum Gasteiger partial charge on any atom is -0.465 e. The maximum Gasteiger partial charge on any atom is 0.319 e. The molecule has 8 heteroatoms. The van der Waals surface area contributed by atoms with Gasteiger partial charge in [-0.3, -0.25) is 9.59 Å². The third-order valence-corrected chi connectivity index (χ3v) is 4.95. The molecule has 2 heterocycles. The molecular weight excluding hydrogens is 334 g/mol. The summed E-state index contributed by atoms with van der Waals surface area (Å²) in [6, 6.07) is 6.94. The van der Waals surface area contributed by atoms with Gasteiger partial charge in [0, 0.05) is 0 Å². The van der Waals surface area contributed by atoms with E-state index in [-0.39, 0.29) is 17.1 Å². The third kappa shape index (κ3) is 5.04. The molecule has 0 aliphatic carbocycles. The van der Waals surface area contributed by atoms with Gasteiger partial charge in [-0.05, 0) is 36.9 Å². The number of carbonyl (C=O) groups excluding carboxylic acids is 2. The highest BCUT2D eigenvalue weighted by atomic mass is 32.2. The second kappa shape index (κ2) is 8.64. The summed E-state index contributed by atoms with van der Waals surface area (Å²) in [5.41, 5.74) is 0. The lowest BCUT2D eigenvalue weighted by Gasteiger charge is -2.12. The molecule has 0 bridgehead atoms. The number of hydrogen-bond donors (Lipinski definition) is 1. The van der Waals surface area contributed by atoms with E-state index in [1.54, 1.807) is 25.1 Å². The van der Waals surface area contributed by atoms with Crippen LogP contribution in [0.1, 0.15) is 29.9 Å². The van der Waals surface area contributed by atoms with Gasteiger partial charge in [-0.15, -0.1) is 21.5 Å². The average molecular weight is 351 g/mol. The number of aromatic nitrogens is 2. The Balaban J connectivity index is 1.96. The summed E-state index contributed by atoms with van der Waals surface area (Å²) in [6.45, 7) is 4.05. The quantitative estimate of drug-likeness (QED) is 0.609. The predicted octanol–water partition coefficient (Wildman–Crippen LogP) is 3.22. The van der Waals surface area contributed by atoms with E-state index in [0.29, 0.717) is 28.7 Å². The van der Waals surface area contributed by atoms with E-state index in [9.17, 15) is 9.59 Å². The van der Waals surface area contributed by atoms with Crippen molar-refractivity contribution in [3.8, 4) is 0 Å². The second-order valence-electron chi connectivity index (χ2n) is 4.46. The Bertz CT molecular complexity index is 644. The topological polar surface area (TPSA) is 81.2 Å². The summed E-state index contributed by atoms with van der Waals surface area (Å²) in [5, 5.41) is 12.8. The summed E-state index contributed by atoms with van der Waals surface area (Å²) >= 11 is 2.66. The fourth-order valence-corrected chi connectivity index (χ4v) is 3.19. The zero-order valence-corrected chi connectivity index (χ0v) is 14.4. The van der Waals surface area contributed by atoms with Crippen molar-refractivity contribution in [1.82, 2.24) is 10.2 Å². The molecule has 0 saturated carbocycles. The molecule has 122 valence electrons. The Labute approximate surface area is 142 Å². The largest absolute Gasteiger partial charge is 0.465 e. The molecule has 2 aromatic heterocycles. The summed E-state index contributed by atoms with van der Waals surface area (Å²) in [5.74, 6) is -0.0959. The molecule has 0 radical (unpaired) electrons. The minimum atomic E-state index is -0.309. The number of anilines is 1. The number of esters is 1. The third-order valence-electron chi connectivity index (χ3n) is 2.81. The SMILES string of the molecule is CCOC(=O)[C@H](CC)Sc1ccc(NC(=O)c2cccs2)nn1. The monoisotopic (exact) mass is 351 g/mol. The van der Waals surface area contributed by atoms with Gasteiger partial charge in [0.15, 0.2) is 5.82 Å². The number of hydrogen-bond acceptors (Lipinski definition) is 7. The molecule has 2 rings (SSSR count). The average Bonchev–Trinajstić information content (AvgIpc) is 3.09. The Morgan fingerprint density at radius 1 is 1.30 bits per heavy atom. The molecule has 0 fully saturated rings. The highest BCUT2D eigenvalue weighted by molar-refractivity contribution is 8.00. The number of nitrogens with zero attached hydrogens (tertiary/aromatic N) is 2. The number of rotatable bonds is 7. The van der Waals surface area contributed by atoms with Crippen molar-refractivity contribution >= 4 is 40.8 Å². The molecule has 2 aromatic rings. The number of thiophene rings is 1. The first kappa shape index (κ1) is 17.4. The first-order valence-electron chi connectivity index (χ1n) is 7.16. The lowest BCUT2D eigenvalue weighted by molar-refractivity contribution is -0.142. The van der Waals surface area contributed by atoms with Gasteiger partial charge in [-0.25, -0.2) is 0 Å². The van der Waals surface area contributed by atoms with Gasteiger partial charge in [-0.1, -0.05) is 24.8 Å². The Kier molecular flexibility index (Phi) is 6.54. The van der Waals surface area contributed by atoms with E-state index in [4.69, 9.17) is 4.74 Å². The smallest absolute Gasteiger partial charge is 0.319 e. The molecule has 0 aromatic carbocycles. The van der Waals surface area contributed by atoms with E-state index >= 15 is 0 Å². The van der Waals surface area contributed by atoms with Crippen molar-refractivity contribution in [3.63, 3.8) is 0 Å². The van der Waals surface area contributed by atoms with E-state index in [0.717, 1.165) is 0 Å². The normalized spacial score (nSPS) is 11.7. The van der Waals surface area contributed by atoms with Crippen LogP contribution in [-0.2, 0) is 9.53 Å². The van der Waals surface area contributed by atoms with Crippen molar-refractivity contribution in [2.75, 3.05) is 11.9 Å². The van der Waals surface area contributed by atoms with E-state index in [1.165, 1.54) is 23.1 Å². The van der Waals surface area contributed by atoms with Gasteiger partial charge in [-0.2, -0.15) is 0 Å². The van der Waals surface area contributed by atoms with Gasteiger partial charge in [0.05, 0.1) is 11.5 Å². The van der Waals surface area contributed by atoms with Crippen LogP contribution in [0.3, 0.4) is 0 Å². The van der Waals surface area contributed by atoms with E-state index < -0.39 is 0 Å². The van der Waals surface area contributed by atoms with Crippen LogP contribution in [0.25, 0.3) is 0 Å². The Hall–Kier alpha value is -1.93. The second-order valence-corrected chi connectivity index (χ2v) is 6.63. The highest BCUT2D eigenvalue weighted by Gasteiger charge is 2.20. The Morgan fingerprint density at radius 3 is 2.70 bits per heavy atom.